The Morgan fingerprint density at radius 2 is 1.61 bits per heavy atom. The number of rotatable bonds is 8. The first-order valence-electron chi connectivity index (χ1n) is 6.10. The van der Waals surface area contributed by atoms with Gasteiger partial charge in [-0.3, -0.25) is 9.59 Å². The Hall–Kier alpha value is -1.59. The van der Waals surface area contributed by atoms with E-state index >= 15 is 0 Å². The molecule has 0 aliphatic heterocycles. The van der Waals surface area contributed by atoms with E-state index in [9.17, 15) is 14.4 Å². The molecule has 6 nitrogen and oxygen atoms in total. The van der Waals surface area contributed by atoms with Crippen LogP contribution in [0.2, 0.25) is 0 Å². The third-order valence-corrected chi connectivity index (χ3v) is 1.95. The minimum Gasteiger partial charge on any atom is -0.466 e. The maximum atomic E-state index is 11.6. The Labute approximate surface area is 107 Å². The molecule has 6 heteroatoms. The van der Waals surface area contributed by atoms with E-state index in [4.69, 9.17) is 9.47 Å². The topological polar surface area (TPSA) is 81.7 Å². The molecule has 1 atom stereocenters. The second-order valence-corrected chi connectivity index (χ2v) is 3.85. The Kier molecular flexibility index (Phi) is 8.61. The van der Waals surface area contributed by atoms with Crippen molar-refractivity contribution >= 4 is 17.8 Å². The van der Waals surface area contributed by atoms with Gasteiger partial charge in [-0.2, -0.15) is 0 Å². The van der Waals surface area contributed by atoms with Gasteiger partial charge in [0.1, 0.15) is 6.04 Å². The van der Waals surface area contributed by atoms with E-state index in [0.717, 1.165) is 0 Å². The smallest absolute Gasteiger partial charge is 0.329 e. The maximum Gasteiger partial charge on any atom is 0.329 e. The third-order valence-electron chi connectivity index (χ3n) is 1.95. The monoisotopic (exact) mass is 259 g/mol. The van der Waals surface area contributed by atoms with Crippen molar-refractivity contribution in [2.45, 2.75) is 46.1 Å². The minimum atomic E-state index is -0.974. The van der Waals surface area contributed by atoms with Gasteiger partial charge in [0, 0.05) is 6.92 Å². The highest BCUT2D eigenvalue weighted by Gasteiger charge is 2.24. The van der Waals surface area contributed by atoms with Crippen LogP contribution in [0.3, 0.4) is 0 Å². The van der Waals surface area contributed by atoms with Gasteiger partial charge in [0.25, 0.3) is 0 Å². The molecule has 0 radical (unpaired) electrons. The normalized spacial score (nSPS) is 11.5. The van der Waals surface area contributed by atoms with Crippen molar-refractivity contribution in [3.63, 3.8) is 0 Å². The van der Waals surface area contributed by atoms with Crippen LogP contribution in [0.15, 0.2) is 0 Å². The van der Waals surface area contributed by atoms with Crippen LogP contribution in [-0.2, 0) is 23.9 Å². The highest BCUT2D eigenvalue weighted by atomic mass is 16.5. The Morgan fingerprint density at radius 3 is 2.11 bits per heavy atom. The summed E-state index contributed by atoms with van der Waals surface area (Å²) >= 11 is 0. The molecule has 0 aliphatic carbocycles. The van der Waals surface area contributed by atoms with Gasteiger partial charge in [-0.05, 0) is 12.8 Å². The molecule has 0 saturated carbocycles. The number of carbonyl (C=O) groups excluding carboxylic acids is 3. The molecular formula is C12H21NO5. The van der Waals surface area contributed by atoms with Crippen LogP contribution in [0.25, 0.3) is 0 Å². The number of amides is 1. The summed E-state index contributed by atoms with van der Waals surface area (Å²) in [7, 11) is 0. The predicted molar refractivity (Wildman–Crippen MR) is 64.7 cm³/mol. The summed E-state index contributed by atoms with van der Waals surface area (Å²) < 4.78 is 9.76. The average Bonchev–Trinajstić information content (AvgIpc) is 2.32. The molecule has 0 aromatic rings. The quantitative estimate of drug-likeness (QED) is 0.652. The third kappa shape index (κ3) is 7.65. The Bertz CT molecular complexity index is 290. The molecule has 0 spiro atoms. The first kappa shape index (κ1) is 16.4. The highest BCUT2D eigenvalue weighted by Crippen LogP contribution is 2.00. The van der Waals surface area contributed by atoms with Crippen molar-refractivity contribution in [3.05, 3.63) is 0 Å². The Balaban J connectivity index is 4.33. The molecule has 0 heterocycles. The first-order chi connectivity index (χ1) is 8.51. The largest absolute Gasteiger partial charge is 0.466 e. The van der Waals surface area contributed by atoms with Crippen molar-refractivity contribution in [3.8, 4) is 0 Å². The molecule has 1 unspecified atom stereocenters. The van der Waals surface area contributed by atoms with Gasteiger partial charge in [0.15, 0.2) is 0 Å². The lowest BCUT2D eigenvalue weighted by Gasteiger charge is -2.15. The molecule has 18 heavy (non-hydrogen) atoms. The van der Waals surface area contributed by atoms with Gasteiger partial charge >= 0.3 is 11.9 Å². The number of hydrogen-bond donors (Lipinski definition) is 1. The number of ether oxygens (including phenoxy) is 2. The zero-order valence-corrected chi connectivity index (χ0v) is 11.2. The lowest BCUT2D eigenvalue weighted by Crippen LogP contribution is -2.42. The van der Waals surface area contributed by atoms with Gasteiger partial charge < -0.3 is 14.8 Å². The number of hydrogen-bond acceptors (Lipinski definition) is 5. The van der Waals surface area contributed by atoms with Gasteiger partial charge in [-0.1, -0.05) is 13.8 Å². The van der Waals surface area contributed by atoms with Crippen molar-refractivity contribution in [2.75, 3.05) is 13.2 Å². The van der Waals surface area contributed by atoms with E-state index in [1.54, 1.807) is 0 Å². The summed E-state index contributed by atoms with van der Waals surface area (Å²) in [6, 6.07) is -0.974. The van der Waals surface area contributed by atoms with Crippen molar-refractivity contribution in [1.82, 2.24) is 5.32 Å². The molecule has 0 bridgehead atoms. The average molecular weight is 259 g/mol. The molecule has 0 fully saturated rings. The maximum absolute atomic E-state index is 11.6. The fourth-order valence-corrected chi connectivity index (χ4v) is 1.18. The van der Waals surface area contributed by atoms with Crippen LogP contribution in [0, 0.1) is 0 Å². The summed E-state index contributed by atoms with van der Waals surface area (Å²) in [5.74, 6) is -1.53. The van der Waals surface area contributed by atoms with Crippen molar-refractivity contribution in [1.29, 1.82) is 0 Å². The summed E-state index contributed by atoms with van der Waals surface area (Å²) in [6.07, 6.45) is 1.18. The van der Waals surface area contributed by atoms with Crippen LogP contribution >= 0.6 is 0 Å². The summed E-state index contributed by atoms with van der Waals surface area (Å²) in [5, 5.41) is 2.38. The van der Waals surface area contributed by atoms with Gasteiger partial charge in [-0.15, -0.1) is 0 Å². The number of carbonyl (C=O) groups is 3. The first-order valence-corrected chi connectivity index (χ1v) is 6.10. The number of nitrogens with one attached hydrogen (secondary N) is 1. The summed E-state index contributed by atoms with van der Waals surface area (Å²) in [4.78, 5) is 33.9. The van der Waals surface area contributed by atoms with Gasteiger partial charge in [-0.25, -0.2) is 4.79 Å². The standard InChI is InChI=1S/C12H21NO5/c1-4-6-17-11(15)8-10(13-9(3)14)12(16)18-7-5-2/h10H,4-8H2,1-3H3,(H,13,14). The van der Waals surface area contributed by atoms with Crippen LogP contribution in [0.1, 0.15) is 40.0 Å². The van der Waals surface area contributed by atoms with Crippen LogP contribution in [-0.4, -0.2) is 37.1 Å². The fraction of sp³-hybridized carbons (Fsp3) is 0.750. The summed E-state index contributed by atoms with van der Waals surface area (Å²) in [6.45, 7) is 5.57. The second kappa shape index (κ2) is 9.44. The lowest BCUT2D eigenvalue weighted by molar-refractivity contribution is -0.153. The molecule has 0 aromatic heterocycles. The molecule has 104 valence electrons. The van der Waals surface area contributed by atoms with E-state index in [1.165, 1.54) is 6.92 Å². The van der Waals surface area contributed by atoms with E-state index < -0.39 is 23.9 Å². The van der Waals surface area contributed by atoms with Crippen LogP contribution < -0.4 is 5.32 Å². The van der Waals surface area contributed by atoms with Crippen LogP contribution in [0.5, 0.6) is 0 Å². The molecular weight excluding hydrogens is 238 g/mol. The minimum absolute atomic E-state index is 0.206. The van der Waals surface area contributed by atoms with Gasteiger partial charge in [0.05, 0.1) is 19.6 Å². The van der Waals surface area contributed by atoms with E-state index in [0.29, 0.717) is 19.4 Å². The zero-order chi connectivity index (χ0) is 14.0. The predicted octanol–water partition coefficient (Wildman–Crippen LogP) is 0.788. The van der Waals surface area contributed by atoms with Crippen molar-refractivity contribution in [2.24, 2.45) is 0 Å². The number of esters is 2. The molecule has 1 amide bonds. The molecule has 0 rings (SSSR count). The Morgan fingerprint density at radius 1 is 1.06 bits per heavy atom. The summed E-state index contributed by atoms with van der Waals surface area (Å²) in [5.41, 5.74) is 0. The van der Waals surface area contributed by atoms with E-state index in [1.807, 2.05) is 13.8 Å². The lowest BCUT2D eigenvalue weighted by atomic mass is 10.2. The molecule has 1 N–H and O–H groups in total. The fourth-order valence-electron chi connectivity index (χ4n) is 1.18. The molecule has 0 saturated heterocycles. The second-order valence-electron chi connectivity index (χ2n) is 3.85. The van der Waals surface area contributed by atoms with Crippen LogP contribution in [0.4, 0.5) is 0 Å². The van der Waals surface area contributed by atoms with E-state index in [2.05, 4.69) is 5.32 Å². The zero-order valence-electron chi connectivity index (χ0n) is 11.2. The highest BCUT2D eigenvalue weighted by molar-refractivity contribution is 5.87. The SMILES string of the molecule is CCCOC(=O)CC(NC(C)=O)C(=O)OCCC. The van der Waals surface area contributed by atoms with Gasteiger partial charge in [0.2, 0.25) is 5.91 Å². The molecule has 0 aromatic carbocycles. The molecule has 0 aliphatic rings. The van der Waals surface area contributed by atoms with Crippen molar-refractivity contribution < 1.29 is 23.9 Å². The van der Waals surface area contributed by atoms with E-state index in [-0.39, 0.29) is 13.0 Å².